The molecule has 1 aromatic rings. The van der Waals surface area contributed by atoms with Crippen LogP contribution in [-0.4, -0.2) is 82.2 Å². The summed E-state index contributed by atoms with van der Waals surface area (Å²) in [6, 6.07) is -0.545. The van der Waals surface area contributed by atoms with E-state index in [-0.39, 0.29) is 12.8 Å². The van der Waals surface area contributed by atoms with Crippen LogP contribution in [0.2, 0.25) is 0 Å². The van der Waals surface area contributed by atoms with Crippen LogP contribution in [0.15, 0.2) is 23.3 Å². The summed E-state index contributed by atoms with van der Waals surface area (Å²) < 4.78 is 0. The molecule has 214 valence electrons. The van der Waals surface area contributed by atoms with Gasteiger partial charge < -0.3 is 31.9 Å². The molecule has 0 saturated carbocycles. The van der Waals surface area contributed by atoms with Gasteiger partial charge in [-0.2, -0.15) is 5.10 Å². The largest absolute Gasteiger partial charge is 0.481 e. The van der Waals surface area contributed by atoms with Crippen LogP contribution in [0.25, 0.3) is 0 Å². The lowest BCUT2D eigenvalue weighted by Crippen LogP contribution is -2.58. The number of hydrazone groups is 1. The zero-order chi connectivity index (χ0) is 29.6. The first-order chi connectivity index (χ1) is 18.9. The molecule has 0 bridgehead atoms. The molecule has 0 saturated heterocycles. The lowest BCUT2D eigenvalue weighted by atomic mass is 10.0. The van der Waals surface area contributed by atoms with Crippen LogP contribution in [0.1, 0.15) is 37.3 Å². The van der Waals surface area contributed by atoms with Crippen LogP contribution in [0, 0.1) is 0 Å². The Morgan fingerprint density at radius 3 is 2.40 bits per heavy atom. The quantitative estimate of drug-likeness (QED) is 0.116. The van der Waals surface area contributed by atoms with Crippen LogP contribution in [0.3, 0.4) is 0 Å². The van der Waals surface area contributed by atoms with Gasteiger partial charge in [-0.25, -0.2) is 10.2 Å². The second kappa shape index (κ2) is 12.7. The van der Waals surface area contributed by atoms with E-state index in [0.29, 0.717) is 17.7 Å². The lowest BCUT2D eigenvalue weighted by Gasteiger charge is -2.29. The van der Waals surface area contributed by atoms with Gasteiger partial charge in [-0.15, -0.1) is 0 Å². The van der Waals surface area contributed by atoms with Gasteiger partial charge in [0.15, 0.2) is 0 Å². The number of amides is 6. The number of rotatable bonds is 11. The predicted octanol–water partition coefficient (Wildman–Crippen LogP) is -2.03. The third kappa shape index (κ3) is 7.30. The number of nitrogens with zero attached hydrogens (tertiary/aromatic N) is 2. The summed E-state index contributed by atoms with van der Waals surface area (Å²) in [5.74, 6) is -5.44. The predicted molar refractivity (Wildman–Crippen MR) is 137 cm³/mol. The number of para-hydroxylation sites is 1. The Bertz CT molecular complexity index is 1250. The van der Waals surface area contributed by atoms with Crippen molar-refractivity contribution in [1.82, 2.24) is 21.4 Å². The average Bonchev–Trinajstić information content (AvgIpc) is 3.18. The molecule has 3 rings (SSSR count). The Balaban J connectivity index is 1.86. The first-order valence-electron chi connectivity index (χ1n) is 12.2. The molecule has 8 N–H and O–H groups in total. The molecule has 0 fully saturated rings. The van der Waals surface area contributed by atoms with Crippen molar-refractivity contribution in [3.8, 4) is 0 Å². The third-order valence-electron chi connectivity index (χ3n) is 6.25. The summed E-state index contributed by atoms with van der Waals surface area (Å²) in [5.41, 5.74) is 8.80. The van der Waals surface area contributed by atoms with Gasteiger partial charge in [0, 0.05) is 19.6 Å². The van der Waals surface area contributed by atoms with Crippen LogP contribution >= 0.6 is 0 Å². The summed E-state index contributed by atoms with van der Waals surface area (Å²) in [5, 5.41) is 29.1. The highest BCUT2D eigenvalue weighted by Gasteiger charge is 2.44. The Labute approximate surface area is 227 Å². The van der Waals surface area contributed by atoms with E-state index in [1.165, 1.54) is 4.90 Å². The maximum Gasteiger partial charge on any atom is 0.332 e. The number of aliphatic carboxylic acids is 2. The first-order valence-corrected chi connectivity index (χ1v) is 12.2. The fourth-order valence-electron chi connectivity index (χ4n) is 4.68. The number of hydrogen-bond donors (Lipinski definition) is 7. The van der Waals surface area contributed by atoms with Crippen LogP contribution in [0.4, 0.5) is 10.5 Å². The van der Waals surface area contributed by atoms with Crippen LogP contribution < -0.4 is 32.0 Å². The third-order valence-corrected chi connectivity index (χ3v) is 6.25. The molecule has 0 radical (unpaired) electrons. The van der Waals surface area contributed by atoms with Crippen molar-refractivity contribution in [3.05, 3.63) is 29.3 Å². The number of benzene rings is 1. The number of nitrogens with one attached hydrogen (secondary N) is 4. The summed E-state index contributed by atoms with van der Waals surface area (Å²) in [6.07, 6.45) is 0.290. The Kier molecular flexibility index (Phi) is 9.37. The number of primary amides is 1. The van der Waals surface area contributed by atoms with Crippen molar-refractivity contribution in [1.29, 1.82) is 0 Å². The Hall–Kier alpha value is -5.02. The van der Waals surface area contributed by atoms with Crippen molar-refractivity contribution in [2.24, 2.45) is 10.8 Å². The lowest BCUT2D eigenvalue weighted by molar-refractivity contribution is -0.141. The molecule has 16 nitrogen and oxygen atoms in total. The SMILES string of the molecule is CC(=O)N[C@@H](CC(=O)O)C(=O)N[C@H]1CCc2cccc3c2N(C1=O)[C@H](C(=O)N[C@H](/C=N/NC(N)=O)CC(=O)O)C3. The summed E-state index contributed by atoms with van der Waals surface area (Å²) in [4.78, 5) is 86.1. The molecule has 1 aromatic carbocycles. The van der Waals surface area contributed by atoms with E-state index < -0.39 is 78.6 Å². The van der Waals surface area contributed by atoms with Crippen molar-refractivity contribution in [2.45, 2.75) is 63.2 Å². The second-order valence-electron chi connectivity index (χ2n) is 9.27. The second-order valence-corrected chi connectivity index (χ2v) is 9.27. The monoisotopic (exact) mass is 559 g/mol. The fourth-order valence-corrected chi connectivity index (χ4v) is 4.68. The molecule has 0 spiro atoms. The van der Waals surface area contributed by atoms with Crippen molar-refractivity contribution >= 4 is 53.5 Å². The van der Waals surface area contributed by atoms with Gasteiger partial charge in [-0.3, -0.25) is 33.7 Å². The molecule has 6 amide bonds. The molecule has 0 unspecified atom stereocenters. The summed E-state index contributed by atoms with van der Waals surface area (Å²) in [6.45, 7) is 1.12. The Morgan fingerprint density at radius 2 is 1.77 bits per heavy atom. The number of aryl methyl sites for hydroxylation is 1. The van der Waals surface area contributed by atoms with Crippen molar-refractivity contribution in [2.75, 3.05) is 4.90 Å². The number of carboxylic acids is 2. The molecule has 16 heteroatoms. The minimum atomic E-state index is -1.42. The minimum absolute atomic E-state index is 0.103. The van der Waals surface area contributed by atoms with Gasteiger partial charge in [0.1, 0.15) is 18.1 Å². The van der Waals surface area contributed by atoms with Crippen molar-refractivity contribution in [3.63, 3.8) is 0 Å². The number of carbonyl (C=O) groups excluding carboxylic acids is 5. The van der Waals surface area contributed by atoms with E-state index in [0.717, 1.165) is 18.7 Å². The van der Waals surface area contributed by atoms with Crippen LogP contribution in [0.5, 0.6) is 0 Å². The molecule has 2 aliphatic rings. The number of carboxylic acid groups (broad SMARTS) is 2. The summed E-state index contributed by atoms with van der Waals surface area (Å²) in [7, 11) is 0. The normalized spacial score (nSPS) is 19.1. The maximum absolute atomic E-state index is 13.7. The van der Waals surface area contributed by atoms with Crippen molar-refractivity contribution < 1.29 is 43.8 Å². The number of anilines is 1. The highest BCUT2D eigenvalue weighted by Crippen LogP contribution is 2.39. The van der Waals surface area contributed by atoms with Gasteiger partial charge in [0.25, 0.3) is 0 Å². The zero-order valence-electron chi connectivity index (χ0n) is 21.4. The molecule has 0 aliphatic carbocycles. The minimum Gasteiger partial charge on any atom is -0.481 e. The molecular formula is C24H29N7O9. The number of carbonyl (C=O) groups is 7. The molecule has 40 heavy (non-hydrogen) atoms. The van der Waals surface area contributed by atoms with E-state index in [9.17, 15) is 38.7 Å². The molecule has 0 aromatic heterocycles. The van der Waals surface area contributed by atoms with Gasteiger partial charge in [0.2, 0.25) is 23.6 Å². The zero-order valence-corrected chi connectivity index (χ0v) is 21.4. The van der Waals surface area contributed by atoms with Gasteiger partial charge in [0.05, 0.1) is 24.6 Å². The van der Waals surface area contributed by atoms with E-state index in [4.69, 9.17) is 10.8 Å². The number of hydrogen-bond acceptors (Lipinski definition) is 8. The topological polar surface area (TPSA) is 250 Å². The van der Waals surface area contributed by atoms with Gasteiger partial charge in [-0.1, -0.05) is 18.2 Å². The fraction of sp³-hybridized carbons (Fsp3) is 0.417. The van der Waals surface area contributed by atoms with E-state index in [1.807, 2.05) is 5.43 Å². The molecule has 2 heterocycles. The maximum atomic E-state index is 13.7. The smallest absolute Gasteiger partial charge is 0.332 e. The van der Waals surface area contributed by atoms with Gasteiger partial charge >= 0.3 is 18.0 Å². The van der Waals surface area contributed by atoms with E-state index in [1.54, 1.807) is 18.2 Å². The molecule has 4 atom stereocenters. The van der Waals surface area contributed by atoms with E-state index >= 15 is 0 Å². The molecular weight excluding hydrogens is 530 g/mol. The van der Waals surface area contributed by atoms with Crippen LogP contribution in [-0.2, 0) is 41.6 Å². The molecule has 2 aliphatic heterocycles. The van der Waals surface area contributed by atoms with E-state index in [2.05, 4.69) is 21.1 Å². The average molecular weight is 560 g/mol. The highest BCUT2D eigenvalue weighted by atomic mass is 16.4. The Morgan fingerprint density at radius 1 is 1.10 bits per heavy atom. The standard InChI is InChI=1S/C24H29N7O9/c1-11(32)27-16(9-19(35)36)21(37)29-15-6-5-12-3-2-4-13-7-17(31(20(12)13)23(15)39)22(38)28-14(8-18(33)34)10-26-30-24(25)40/h2-4,10,14-17H,5-9H2,1H3,(H,27,32)(H,28,38)(H,29,37)(H,33,34)(H,35,36)(H3,25,30,40)/b26-10+/t14-,15-,16-,17-/m0/s1. The number of nitrogens with two attached hydrogens (primary N) is 1. The highest BCUT2D eigenvalue weighted by molar-refractivity contribution is 6.08. The first kappa shape index (κ1) is 29.5. The van der Waals surface area contributed by atoms with Gasteiger partial charge in [-0.05, 0) is 24.0 Å². The summed E-state index contributed by atoms with van der Waals surface area (Å²) >= 11 is 0. The number of urea groups is 1.